The van der Waals surface area contributed by atoms with E-state index in [1.165, 1.54) is 6.04 Å². The monoisotopic (exact) mass is 226 g/mol. The van der Waals surface area contributed by atoms with Crippen LogP contribution in [0.15, 0.2) is 12.2 Å². The summed E-state index contributed by atoms with van der Waals surface area (Å²) < 4.78 is 0. The molecule has 2 heteroatoms. The van der Waals surface area contributed by atoms with E-state index in [-0.39, 0.29) is 5.92 Å². The summed E-state index contributed by atoms with van der Waals surface area (Å²) in [6.07, 6.45) is 5.61. The minimum Gasteiger partial charge on any atom is -0.303 e. The van der Waals surface area contributed by atoms with Crippen molar-refractivity contribution >= 4 is 14.4 Å². The third-order valence-corrected chi connectivity index (χ3v) is 4.14. The Kier molecular flexibility index (Phi) is 6.11. The number of hydrogen-bond donors (Lipinski definition) is 0. The highest BCUT2D eigenvalue weighted by molar-refractivity contribution is 6.76. The molecule has 15 heavy (non-hydrogen) atoms. The molecule has 1 nitrogen and oxygen atoms in total. The zero-order valence-electron chi connectivity index (χ0n) is 11.1. The van der Waals surface area contributed by atoms with Crippen LogP contribution >= 0.6 is 0 Å². The molecule has 0 rings (SSSR count). The van der Waals surface area contributed by atoms with Gasteiger partial charge < -0.3 is 4.79 Å². The van der Waals surface area contributed by atoms with Gasteiger partial charge in [0.2, 0.25) is 0 Å². The van der Waals surface area contributed by atoms with Crippen molar-refractivity contribution in [2.45, 2.75) is 46.5 Å². The van der Waals surface area contributed by atoms with Crippen LogP contribution in [0.1, 0.15) is 20.8 Å². The fourth-order valence-corrected chi connectivity index (χ4v) is 2.52. The topological polar surface area (TPSA) is 17.1 Å². The standard InChI is InChI=1S/C13H26OSi/c1-11(2)13(12(3)10-14)8-7-9-15(4,5)6/h7-8,10-13H,9H2,1-6H3/b8-7+/t12-,13+/m0/s1. The molecule has 0 saturated carbocycles. The smallest absolute Gasteiger partial charge is 0.123 e. The maximum absolute atomic E-state index is 10.8. The molecule has 0 aliphatic heterocycles. The number of carbonyl (C=O) groups excluding carboxylic acids is 1. The van der Waals surface area contributed by atoms with Crippen molar-refractivity contribution in [3.8, 4) is 0 Å². The van der Waals surface area contributed by atoms with Crippen molar-refractivity contribution in [2.75, 3.05) is 0 Å². The third kappa shape index (κ3) is 6.66. The lowest BCUT2D eigenvalue weighted by atomic mass is 9.85. The van der Waals surface area contributed by atoms with Gasteiger partial charge in [-0.2, -0.15) is 0 Å². The van der Waals surface area contributed by atoms with Crippen LogP contribution in [0.3, 0.4) is 0 Å². The summed E-state index contributed by atoms with van der Waals surface area (Å²) in [6, 6.07) is 1.21. The van der Waals surface area contributed by atoms with E-state index in [0.29, 0.717) is 11.8 Å². The predicted molar refractivity (Wildman–Crippen MR) is 70.8 cm³/mol. The molecule has 2 atom stereocenters. The summed E-state index contributed by atoms with van der Waals surface area (Å²) in [4.78, 5) is 10.8. The molecule has 0 bridgehead atoms. The van der Waals surface area contributed by atoms with E-state index < -0.39 is 8.07 Å². The van der Waals surface area contributed by atoms with E-state index in [1.54, 1.807) is 0 Å². The molecule has 0 radical (unpaired) electrons. The Bertz CT molecular complexity index is 213. The first-order chi connectivity index (χ1) is 6.78. The summed E-state index contributed by atoms with van der Waals surface area (Å²) in [5, 5.41) is 0. The van der Waals surface area contributed by atoms with E-state index in [0.717, 1.165) is 6.29 Å². The molecule has 0 N–H and O–H groups in total. The van der Waals surface area contributed by atoms with Gasteiger partial charge in [-0.05, 0) is 17.9 Å². The molecule has 0 aromatic heterocycles. The number of aldehydes is 1. The Labute approximate surface area is 96.0 Å². The van der Waals surface area contributed by atoms with Crippen molar-refractivity contribution in [1.82, 2.24) is 0 Å². The minimum absolute atomic E-state index is 0.142. The van der Waals surface area contributed by atoms with Crippen molar-refractivity contribution in [3.05, 3.63) is 12.2 Å². The zero-order chi connectivity index (χ0) is 12.1. The largest absolute Gasteiger partial charge is 0.303 e. The number of hydrogen-bond acceptors (Lipinski definition) is 1. The van der Waals surface area contributed by atoms with Gasteiger partial charge in [-0.15, -0.1) is 0 Å². The van der Waals surface area contributed by atoms with Gasteiger partial charge in [0.05, 0.1) is 0 Å². The number of allylic oxidation sites excluding steroid dienone is 2. The van der Waals surface area contributed by atoms with E-state index in [4.69, 9.17) is 0 Å². The molecule has 0 aromatic rings. The van der Waals surface area contributed by atoms with Gasteiger partial charge >= 0.3 is 0 Å². The maximum Gasteiger partial charge on any atom is 0.123 e. The normalized spacial score (nSPS) is 17.0. The first-order valence-corrected chi connectivity index (χ1v) is 9.60. The van der Waals surface area contributed by atoms with Crippen LogP contribution in [0, 0.1) is 17.8 Å². The van der Waals surface area contributed by atoms with E-state index in [2.05, 4.69) is 45.6 Å². The molecular weight excluding hydrogens is 200 g/mol. The average molecular weight is 226 g/mol. The Morgan fingerprint density at radius 1 is 1.13 bits per heavy atom. The summed E-state index contributed by atoms with van der Waals surface area (Å²) in [7, 11) is -0.979. The van der Waals surface area contributed by atoms with Gasteiger partial charge in [0.25, 0.3) is 0 Å². The molecular formula is C13H26OSi. The fraction of sp³-hybridized carbons (Fsp3) is 0.769. The molecule has 0 fully saturated rings. The lowest BCUT2D eigenvalue weighted by Gasteiger charge is -2.20. The van der Waals surface area contributed by atoms with Crippen LogP contribution in [0.25, 0.3) is 0 Å². The second-order valence-corrected chi connectivity index (χ2v) is 11.5. The predicted octanol–water partition coefficient (Wildman–Crippen LogP) is 3.99. The zero-order valence-corrected chi connectivity index (χ0v) is 12.1. The SMILES string of the molecule is CC(C)[C@@H](/C=C/C[Si](C)(C)C)[C@@H](C)C=O. The first kappa shape index (κ1) is 14.6. The molecule has 0 unspecified atom stereocenters. The Morgan fingerprint density at radius 2 is 1.67 bits per heavy atom. The van der Waals surface area contributed by atoms with Gasteiger partial charge in [-0.1, -0.05) is 52.6 Å². The van der Waals surface area contributed by atoms with Gasteiger partial charge in [0, 0.05) is 14.0 Å². The third-order valence-electron chi connectivity index (χ3n) is 2.68. The molecule has 88 valence electrons. The highest BCUT2D eigenvalue weighted by atomic mass is 28.3. The van der Waals surface area contributed by atoms with Gasteiger partial charge in [0.1, 0.15) is 6.29 Å². The molecule has 0 spiro atoms. The fourth-order valence-electron chi connectivity index (χ4n) is 1.67. The molecule has 0 saturated heterocycles. The lowest BCUT2D eigenvalue weighted by molar-refractivity contribution is -0.111. The van der Waals surface area contributed by atoms with E-state index in [1.807, 2.05) is 6.92 Å². The van der Waals surface area contributed by atoms with E-state index in [9.17, 15) is 4.79 Å². The van der Waals surface area contributed by atoms with Crippen molar-refractivity contribution in [1.29, 1.82) is 0 Å². The van der Waals surface area contributed by atoms with Crippen molar-refractivity contribution in [2.24, 2.45) is 17.8 Å². The molecule has 0 amide bonds. The quantitative estimate of drug-likeness (QED) is 0.380. The Morgan fingerprint density at radius 3 is 2.00 bits per heavy atom. The van der Waals surface area contributed by atoms with Crippen LogP contribution in [-0.4, -0.2) is 14.4 Å². The summed E-state index contributed by atoms with van der Waals surface area (Å²) in [5.74, 6) is 1.09. The van der Waals surface area contributed by atoms with Crippen LogP contribution in [0.2, 0.25) is 25.7 Å². The Hall–Kier alpha value is -0.373. The molecule has 0 heterocycles. The second kappa shape index (κ2) is 6.26. The van der Waals surface area contributed by atoms with Crippen LogP contribution in [0.4, 0.5) is 0 Å². The molecule has 0 aliphatic carbocycles. The summed E-state index contributed by atoms with van der Waals surface area (Å²) in [5.41, 5.74) is 0. The Balaban J connectivity index is 4.35. The van der Waals surface area contributed by atoms with Crippen LogP contribution < -0.4 is 0 Å². The van der Waals surface area contributed by atoms with Crippen LogP contribution in [0.5, 0.6) is 0 Å². The summed E-state index contributed by atoms with van der Waals surface area (Å²) in [6.45, 7) is 13.5. The van der Waals surface area contributed by atoms with Crippen molar-refractivity contribution < 1.29 is 4.79 Å². The molecule has 0 aromatic carbocycles. The number of rotatable bonds is 6. The second-order valence-electron chi connectivity index (χ2n) is 6.01. The maximum atomic E-state index is 10.8. The highest BCUT2D eigenvalue weighted by Gasteiger charge is 2.17. The van der Waals surface area contributed by atoms with E-state index >= 15 is 0 Å². The van der Waals surface area contributed by atoms with Gasteiger partial charge in [-0.25, -0.2) is 0 Å². The number of carbonyl (C=O) groups is 1. The minimum atomic E-state index is -0.979. The van der Waals surface area contributed by atoms with Crippen LogP contribution in [-0.2, 0) is 4.79 Å². The van der Waals surface area contributed by atoms with Crippen molar-refractivity contribution in [3.63, 3.8) is 0 Å². The summed E-state index contributed by atoms with van der Waals surface area (Å²) >= 11 is 0. The first-order valence-electron chi connectivity index (χ1n) is 5.90. The van der Waals surface area contributed by atoms with Gasteiger partial charge in [-0.3, -0.25) is 0 Å². The lowest BCUT2D eigenvalue weighted by Crippen LogP contribution is -2.19. The average Bonchev–Trinajstić information content (AvgIpc) is 2.09. The highest BCUT2D eigenvalue weighted by Crippen LogP contribution is 2.22. The molecule has 0 aliphatic rings. The van der Waals surface area contributed by atoms with Gasteiger partial charge in [0.15, 0.2) is 0 Å².